The van der Waals surface area contributed by atoms with E-state index in [4.69, 9.17) is 9.72 Å². The maximum Gasteiger partial charge on any atom is 0.135 e. The molecule has 0 fully saturated rings. The zero-order chi connectivity index (χ0) is 50.9. The molecule has 0 N–H and O–H groups in total. The second-order valence-corrected chi connectivity index (χ2v) is 22.7. The summed E-state index contributed by atoms with van der Waals surface area (Å²) in [6.07, 6.45) is 1.92. The molecular weight excluding hydrogens is 1080 g/mol. The standard InChI is InChI=1S/C68H63N4O.Pt/c1-65(2,3)50-30-33-61-63(41-50)71(54-37-47(46-22-14-11-15-23-46)36-53(39-54)68(9,10)49-26-18-13-19-27-49)45-70(61)55-38-52(66(4,5)6)40-57(43-55)73-56-31-32-59-58-28-20-21-29-60(58)72(62(59)44-56)64-42-51(34-35-69-64)67(7,8)48-24-16-12-17-25-48;/h11-42,45H,1-10H3;/q-3;. The summed E-state index contributed by atoms with van der Waals surface area (Å²) in [5.41, 5.74) is 15.0. The van der Waals surface area contributed by atoms with E-state index in [-0.39, 0.29) is 42.7 Å². The van der Waals surface area contributed by atoms with Crippen LogP contribution in [-0.4, -0.2) is 9.55 Å². The van der Waals surface area contributed by atoms with Crippen molar-refractivity contribution in [3.8, 4) is 28.4 Å². The molecule has 11 rings (SSSR count). The van der Waals surface area contributed by atoms with Gasteiger partial charge in [-0.3, -0.25) is 0 Å². The molecule has 74 heavy (non-hydrogen) atoms. The minimum absolute atomic E-state index is 0. The second-order valence-electron chi connectivity index (χ2n) is 22.7. The fourth-order valence-electron chi connectivity index (χ4n) is 10.3. The van der Waals surface area contributed by atoms with Crippen LogP contribution in [-0.2, 0) is 42.7 Å². The van der Waals surface area contributed by atoms with E-state index in [9.17, 15) is 0 Å². The molecule has 1 aliphatic heterocycles. The molecular formula is C68H63N4OPt-3. The van der Waals surface area contributed by atoms with Crippen LogP contribution in [0.2, 0.25) is 0 Å². The minimum Gasteiger partial charge on any atom is -0.509 e. The van der Waals surface area contributed by atoms with Gasteiger partial charge in [-0.1, -0.05) is 196 Å². The van der Waals surface area contributed by atoms with Crippen LogP contribution >= 0.6 is 0 Å². The number of anilines is 4. The van der Waals surface area contributed by atoms with Gasteiger partial charge in [0, 0.05) is 72.2 Å². The van der Waals surface area contributed by atoms with Crippen molar-refractivity contribution in [2.24, 2.45) is 0 Å². The molecule has 1 aliphatic rings. The van der Waals surface area contributed by atoms with Crippen LogP contribution in [0.4, 0.5) is 22.7 Å². The van der Waals surface area contributed by atoms with Crippen LogP contribution < -0.4 is 14.5 Å². The molecule has 2 aromatic heterocycles. The predicted molar refractivity (Wildman–Crippen MR) is 304 cm³/mol. The van der Waals surface area contributed by atoms with Crippen molar-refractivity contribution >= 4 is 44.6 Å². The molecule has 0 unspecified atom stereocenters. The van der Waals surface area contributed by atoms with Gasteiger partial charge in [0.25, 0.3) is 0 Å². The summed E-state index contributed by atoms with van der Waals surface area (Å²) in [4.78, 5) is 9.64. The summed E-state index contributed by atoms with van der Waals surface area (Å²) in [6, 6.07) is 75.2. The third-order valence-electron chi connectivity index (χ3n) is 15.0. The molecule has 0 radical (unpaired) electrons. The normalized spacial score (nSPS) is 13.1. The molecule has 0 saturated heterocycles. The number of benzene rings is 8. The predicted octanol–water partition coefficient (Wildman–Crippen LogP) is 17.9. The number of nitrogens with zero attached hydrogens (tertiary/aromatic N) is 4. The summed E-state index contributed by atoms with van der Waals surface area (Å²) < 4.78 is 9.19. The molecule has 0 saturated carbocycles. The van der Waals surface area contributed by atoms with Crippen molar-refractivity contribution in [3.05, 3.63) is 246 Å². The maximum absolute atomic E-state index is 6.97. The van der Waals surface area contributed by atoms with Gasteiger partial charge in [-0.25, -0.2) is 4.98 Å². The summed E-state index contributed by atoms with van der Waals surface area (Å²) in [7, 11) is 0. The van der Waals surface area contributed by atoms with Gasteiger partial charge in [-0.2, -0.15) is 6.07 Å². The van der Waals surface area contributed by atoms with E-state index in [1.54, 1.807) is 0 Å². The Kier molecular flexibility index (Phi) is 13.1. The first-order valence-corrected chi connectivity index (χ1v) is 25.5. The van der Waals surface area contributed by atoms with E-state index in [0.717, 1.165) is 55.9 Å². The number of rotatable bonds is 10. The quantitative estimate of drug-likeness (QED) is 0.128. The minimum atomic E-state index is -0.272. The van der Waals surface area contributed by atoms with Crippen LogP contribution in [0.5, 0.6) is 11.5 Å². The smallest absolute Gasteiger partial charge is 0.135 e. The first-order valence-electron chi connectivity index (χ1n) is 25.5. The van der Waals surface area contributed by atoms with Gasteiger partial charge in [0.2, 0.25) is 0 Å². The van der Waals surface area contributed by atoms with Crippen LogP contribution in [0.1, 0.15) is 103 Å². The molecule has 10 aromatic rings. The Balaban J connectivity index is 0.00000626. The summed E-state index contributed by atoms with van der Waals surface area (Å²) in [6.45, 7) is 25.0. The number of ether oxygens (including phenoxy) is 1. The third kappa shape index (κ3) is 9.37. The number of para-hydroxylation sites is 1. The largest absolute Gasteiger partial charge is 0.509 e. The number of pyridine rings is 1. The van der Waals surface area contributed by atoms with Gasteiger partial charge in [-0.05, 0) is 97.6 Å². The number of hydrogen-bond acceptors (Lipinski definition) is 4. The van der Waals surface area contributed by atoms with Crippen molar-refractivity contribution in [1.29, 1.82) is 0 Å². The fraction of sp³-hybridized carbons (Fsp3) is 0.206. The topological polar surface area (TPSA) is 33.5 Å². The maximum atomic E-state index is 6.97. The third-order valence-corrected chi connectivity index (χ3v) is 15.0. The number of hydrogen-bond donors (Lipinski definition) is 0. The summed E-state index contributed by atoms with van der Waals surface area (Å²) >= 11 is 0. The van der Waals surface area contributed by atoms with Crippen LogP contribution in [0.15, 0.2) is 194 Å². The van der Waals surface area contributed by atoms with E-state index >= 15 is 0 Å². The first-order chi connectivity index (χ1) is 34.9. The molecule has 8 aromatic carbocycles. The van der Waals surface area contributed by atoms with E-state index in [2.05, 4.69) is 284 Å². The Hall–Kier alpha value is -7.20. The Morgan fingerprint density at radius 1 is 0.446 bits per heavy atom. The molecule has 0 amide bonds. The molecule has 0 atom stereocenters. The van der Waals surface area contributed by atoms with E-state index in [1.807, 2.05) is 12.3 Å². The first kappa shape index (κ1) is 50.3. The average molecular weight is 1150 g/mol. The molecule has 0 spiro atoms. The van der Waals surface area contributed by atoms with Gasteiger partial charge in [0.1, 0.15) is 5.82 Å². The van der Waals surface area contributed by atoms with Crippen molar-refractivity contribution in [3.63, 3.8) is 0 Å². The van der Waals surface area contributed by atoms with Gasteiger partial charge >= 0.3 is 0 Å². The second kappa shape index (κ2) is 19.3. The molecule has 0 aliphatic carbocycles. The van der Waals surface area contributed by atoms with Crippen molar-refractivity contribution in [1.82, 2.24) is 9.55 Å². The molecule has 3 heterocycles. The van der Waals surface area contributed by atoms with Gasteiger partial charge in [0.15, 0.2) is 0 Å². The zero-order valence-corrected chi connectivity index (χ0v) is 46.3. The average Bonchev–Trinajstić information content (AvgIpc) is 3.94. The molecule has 374 valence electrons. The van der Waals surface area contributed by atoms with Gasteiger partial charge in [0.05, 0.1) is 0 Å². The number of aromatic nitrogens is 2. The van der Waals surface area contributed by atoms with Gasteiger partial charge in [-0.15, -0.1) is 53.6 Å². The van der Waals surface area contributed by atoms with Crippen LogP contribution in [0.3, 0.4) is 0 Å². The summed E-state index contributed by atoms with van der Waals surface area (Å²) in [5, 5.41) is 2.21. The van der Waals surface area contributed by atoms with Crippen molar-refractivity contribution in [2.45, 2.75) is 90.9 Å². The number of fused-ring (bicyclic) bond motifs is 4. The zero-order valence-electron chi connectivity index (χ0n) is 44.1. The Morgan fingerprint density at radius 2 is 1.08 bits per heavy atom. The van der Waals surface area contributed by atoms with E-state index in [0.29, 0.717) is 11.5 Å². The van der Waals surface area contributed by atoms with Crippen molar-refractivity contribution in [2.75, 3.05) is 9.80 Å². The molecule has 5 nitrogen and oxygen atoms in total. The summed E-state index contributed by atoms with van der Waals surface area (Å²) in [5.74, 6) is 2.04. The Labute approximate surface area is 452 Å². The van der Waals surface area contributed by atoms with Crippen molar-refractivity contribution < 1.29 is 25.8 Å². The molecule has 0 bridgehead atoms. The fourth-order valence-corrected chi connectivity index (χ4v) is 10.3. The van der Waals surface area contributed by atoms with Crippen LogP contribution in [0.25, 0.3) is 38.8 Å². The van der Waals surface area contributed by atoms with E-state index in [1.165, 1.54) is 38.9 Å². The van der Waals surface area contributed by atoms with Gasteiger partial charge < -0.3 is 19.1 Å². The monoisotopic (exact) mass is 1150 g/mol. The van der Waals surface area contributed by atoms with E-state index < -0.39 is 0 Å². The van der Waals surface area contributed by atoms with Crippen LogP contribution in [0, 0.1) is 18.8 Å². The Bertz CT molecular complexity index is 3660. The molecule has 6 heteroatoms. The Morgan fingerprint density at radius 3 is 1.76 bits per heavy atom. The SMILES string of the molecule is CC(C)(C)c1cc(Oc2[c-]c3c(cc2)c2ccccc2n3-c2cc(C(C)(C)c3ccccc3)ccn2)[c-]c(N2[CH-]N(c3cc(-c4ccccc4)cc(C(C)(C)c4ccccc4)c3)c3cc(C(C)(C)C)ccc32)c1.[Pt].